The van der Waals surface area contributed by atoms with Crippen LogP contribution in [0.1, 0.15) is 11.1 Å². The van der Waals surface area contributed by atoms with Crippen LogP contribution in [0, 0.1) is 5.82 Å². The summed E-state index contributed by atoms with van der Waals surface area (Å²) >= 11 is 4.77. The SMILES string of the molecule is COc1cccc(CCNc2ccc(C(N)=S)c(F)c2)c1. The van der Waals surface area contributed by atoms with Gasteiger partial charge in [-0.05, 0) is 42.3 Å². The zero-order chi connectivity index (χ0) is 15.2. The molecule has 0 radical (unpaired) electrons. The number of nitrogens with one attached hydrogen (secondary N) is 1. The van der Waals surface area contributed by atoms with Crippen molar-refractivity contribution in [2.24, 2.45) is 5.73 Å². The first-order chi connectivity index (χ1) is 10.1. The van der Waals surface area contributed by atoms with Gasteiger partial charge in [-0.15, -0.1) is 0 Å². The molecular weight excluding hydrogens is 287 g/mol. The second-order valence-electron chi connectivity index (χ2n) is 4.59. The van der Waals surface area contributed by atoms with Crippen LogP contribution in [0.3, 0.4) is 0 Å². The Morgan fingerprint density at radius 1 is 1.29 bits per heavy atom. The molecule has 0 spiro atoms. The molecule has 0 aliphatic heterocycles. The minimum absolute atomic E-state index is 0.0652. The predicted molar refractivity (Wildman–Crippen MR) is 87.5 cm³/mol. The standard InChI is InChI=1S/C16H17FN2OS/c1-20-13-4-2-3-11(9-13)7-8-19-12-5-6-14(16(18)21)15(17)10-12/h2-6,9-10,19H,7-8H2,1H3,(H2,18,21). The van der Waals surface area contributed by atoms with Crippen molar-refractivity contribution in [3.8, 4) is 5.75 Å². The lowest BCUT2D eigenvalue weighted by Gasteiger charge is -2.09. The molecule has 0 heterocycles. The van der Waals surface area contributed by atoms with Crippen LogP contribution in [0.25, 0.3) is 0 Å². The second-order valence-corrected chi connectivity index (χ2v) is 5.03. The summed E-state index contributed by atoms with van der Waals surface area (Å²) in [6.45, 7) is 0.693. The van der Waals surface area contributed by atoms with Crippen molar-refractivity contribution in [2.45, 2.75) is 6.42 Å². The molecule has 2 aromatic carbocycles. The number of halogens is 1. The highest BCUT2D eigenvalue weighted by molar-refractivity contribution is 7.80. The van der Waals surface area contributed by atoms with E-state index in [1.807, 2.05) is 24.3 Å². The van der Waals surface area contributed by atoms with Crippen LogP contribution < -0.4 is 15.8 Å². The van der Waals surface area contributed by atoms with Gasteiger partial charge in [0.15, 0.2) is 0 Å². The minimum Gasteiger partial charge on any atom is -0.497 e. The van der Waals surface area contributed by atoms with Crippen molar-refractivity contribution in [1.82, 2.24) is 0 Å². The molecule has 110 valence electrons. The van der Waals surface area contributed by atoms with E-state index < -0.39 is 5.82 Å². The van der Waals surface area contributed by atoms with E-state index >= 15 is 0 Å². The first kappa shape index (κ1) is 15.3. The largest absolute Gasteiger partial charge is 0.497 e. The minimum atomic E-state index is -0.408. The third-order valence-electron chi connectivity index (χ3n) is 3.11. The highest BCUT2D eigenvalue weighted by atomic mass is 32.1. The van der Waals surface area contributed by atoms with Crippen molar-refractivity contribution in [2.75, 3.05) is 19.0 Å². The zero-order valence-corrected chi connectivity index (χ0v) is 12.5. The Morgan fingerprint density at radius 3 is 2.76 bits per heavy atom. The molecule has 2 aromatic rings. The predicted octanol–water partition coefficient (Wildman–Crippen LogP) is 3.12. The average Bonchev–Trinajstić information content (AvgIpc) is 2.47. The lowest BCUT2D eigenvalue weighted by Crippen LogP contribution is -2.12. The number of methoxy groups -OCH3 is 1. The van der Waals surface area contributed by atoms with E-state index in [-0.39, 0.29) is 10.6 Å². The van der Waals surface area contributed by atoms with Crippen molar-refractivity contribution in [1.29, 1.82) is 0 Å². The molecule has 0 atom stereocenters. The second kappa shape index (κ2) is 7.04. The summed E-state index contributed by atoms with van der Waals surface area (Å²) < 4.78 is 18.9. The molecule has 3 nitrogen and oxygen atoms in total. The Hall–Kier alpha value is -2.14. The Bertz CT molecular complexity index is 646. The van der Waals surface area contributed by atoms with Crippen molar-refractivity contribution in [3.05, 3.63) is 59.4 Å². The van der Waals surface area contributed by atoms with Gasteiger partial charge in [0.05, 0.1) is 7.11 Å². The number of benzene rings is 2. The third kappa shape index (κ3) is 4.16. The average molecular weight is 304 g/mol. The summed E-state index contributed by atoms with van der Waals surface area (Å²) in [7, 11) is 1.64. The van der Waals surface area contributed by atoms with Gasteiger partial charge in [-0.2, -0.15) is 0 Å². The van der Waals surface area contributed by atoms with Crippen LogP contribution in [-0.4, -0.2) is 18.6 Å². The maximum Gasteiger partial charge on any atom is 0.135 e. The van der Waals surface area contributed by atoms with E-state index in [9.17, 15) is 4.39 Å². The molecule has 0 bridgehead atoms. The molecular formula is C16H17FN2OS. The fraction of sp³-hybridized carbons (Fsp3) is 0.188. The van der Waals surface area contributed by atoms with Gasteiger partial charge in [-0.25, -0.2) is 4.39 Å². The van der Waals surface area contributed by atoms with E-state index in [1.54, 1.807) is 19.2 Å². The fourth-order valence-electron chi connectivity index (χ4n) is 2.00. The van der Waals surface area contributed by atoms with Crippen LogP contribution in [0.15, 0.2) is 42.5 Å². The normalized spacial score (nSPS) is 10.2. The van der Waals surface area contributed by atoms with Gasteiger partial charge >= 0.3 is 0 Å². The van der Waals surface area contributed by atoms with E-state index in [0.29, 0.717) is 12.2 Å². The molecule has 5 heteroatoms. The molecule has 0 saturated carbocycles. The van der Waals surface area contributed by atoms with Crippen molar-refractivity contribution < 1.29 is 9.13 Å². The number of thiocarbonyl (C=S) groups is 1. The number of ether oxygens (including phenoxy) is 1. The maximum absolute atomic E-state index is 13.7. The summed E-state index contributed by atoms with van der Waals surface area (Å²) in [5, 5.41) is 3.17. The molecule has 0 aliphatic rings. The van der Waals surface area contributed by atoms with E-state index in [2.05, 4.69) is 5.32 Å². The first-order valence-corrected chi connectivity index (χ1v) is 6.97. The zero-order valence-electron chi connectivity index (χ0n) is 11.7. The topological polar surface area (TPSA) is 47.3 Å². The molecule has 0 unspecified atom stereocenters. The summed E-state index contributed by atoms with van der Waals surface area (Å²) in [6, 6.07) is 12.6. The quantitative estimate of drug-likeness (QED) is 0.805. The Morgan fingerprint density at radius 2 is 2.10 bits per heavy atom. The highest BCUT2D eigenvalue weighted by Crippen LogP contribution is 2.16. The molecule has 0 aliphatic carbocycles. The van der Waals surface area contributed by atoms with E-state index in [0.717, 1.165) is 17.7 Å². The van der Waals surface area contributed by atoms with Gasteiger partial charge in [0.1, 0.15) is 16.6 Å². The molecule has 2 rings (SSSR count). The van der Waals surface area contributed by atoms with Crippen LogP contribution in [0.2, 0.25) is 0 Å². The monoisotopic (exact) mass is 304 g/mol. The Balaban J connectivity index is 1.94. The van der Waals surface area contributed by atoms with Crippen LogP contribution >= 0.6 is 12.2 Å². The van der Waals surface area contributed by atoms with Gasteiger partial charge in [-0.1, -0.05) is 24.4 Å². The number of rotatable bonds is 6. The molecule has 0 amide bonds. The number of nitrogens with two attached hydrogens (primary N) is 1. The van der Waals surface area contributed by atoms with Gasteiger partial charge in [0, 0.05) is 17.8 Å². The van der Waals surface area contributed by atoms with E-state index in [1.165, 1.54) is 6.07 Å². The summed E-state index contributed by atoms with van der Waals surface area (Å²) in [5.74, 6) is 0.424. The summed E-state index contributed by atoms with van der Waals surface area (Å²) in [6.07, 6.45) is 0.815. The van der Waals surface area contributed by atoms with Crippen LogP contribution in [0.4, 0.5) is 10.1 Å². The third-order valence-corrected chi connectivity index (χ3v) is 3.33. The summed E-state index contributed by atoms with van der Waals surface area (Å²) in [5.41, 5.74) is 7.55. The van der Waals surface area contributed by atoms with Crippen LogP contribution in [-0.2, 0) is 6.42 Å². The number of hydrogen-bond donors (Lipinski definition) is 2. The smallest absolute Gasteiger partial charge is 0.135 e. The first-order valence-electron chi connectivity index (χ1n) is 6.56. The van der Waals surface area contributed by atoms with Gasteiger partial charge in [0.2, 0.25) is 0 Å². The molecule has 0 fully saturated rings. The van der Waals surface area contributed by atoms with Gasteiger partial charge < -0.3 is 15.8 Å². The van der Waals surface area contributed by atoms with E-state index in [4.69, 9.17) is 22.7 Å². The van der Waals surface area contributed by atoms with Crippen molar-refractivity contribution in [3.63, 3.8) is 0 Å². The van der Waals surface area contributed by atoms with Gasteiger partial charge in [0.25, 0.3) is 0 Å². The molecule has 21 heavy (non-hydrogen) atoms. The lowest BCUT2D eigenvalue weighted by molar-refractivity contribution is 0.414. The molecule has 0 aromatic heterocycles. The number of hydrogen-bond acceptors (Lipinski definition) is 3. The maximum atomic E-state index is 13.7. The molecule has 3 N–H and O–H groups in total. The Labute approximate surface area is 128 Å². The lowest BCUT2D eigenvalue weighted by atomic mass is 10.1. The summed E-state index contributed by atoms with van der Waals surface area (Å²) in [4.78, 5) is 0.0652. The number of anilines is 1. The highest BCUT2D eigenvalue weighted by Gasteiger charge is 2.05. The van der Waals surface area contributed by atoms with Gasteiger partial charge in [-0.3, -0.25) is 0 Å². The molecule has 0 saturated heterocycles. The Kier molecular flexibility index (Phi) is 5.11. The van der Waals surface area contributed by atoms with Crippen LogP contribution in [0.5, 0.6) is 5.75 Å². The fourth-order valence-corrected chi connectivity index (χ4v) is 2.17. The van der Waals surface area contributed by atoms with Crippen molar-refractivity contribution >= 4 is 22.9 Å².